The molecular formula is C19H16ClFN4O3. The molecular weight excluding hydrogens is 387 g/mol. The van der Waals surface area contributed by atoms with E-state index in [0.717, 1.165) is 0 Å². The third-order valence-electron chi connectivity index (χ3n) is 4.56. The Hall–Kier alpha value is -3.13. The summed E-state index contributed by atoms with van der Waals surface area (Å²) >= 11 is 5.97. The number of amides is 1. The molecule has 2 aromatic heterocycles. The molecule has 9 heteroatoms. The summed E-state index contributed by atoms with van der Waals surface area (Å²) in [4.78, 5) is 32.2. The SMILES string of the molecule is CC(Nc1cccc(N2CCOC2=O)c1F)c1cc2cc(Cl)cnc2[nH]c1=O. The molecule has 1 atom stereocenters. The summed E-state index contributed by atoms with van der Waals surface area (Å²) in [6, 6.07) is 7.54. The van der Waals surface area contributed by atoms with Gasteiger partial charge in [0.05, 0.1) is 29.0 Å². The molecule has 1 aliphatic rings. The molecule has 0 radical (unpaired) electrons. The maximum atomic E-state index is 15.0. The monoisotopic (exact) mass is 402 g/mol. The number of hydrogen-bond acceptors (Lipinski definition) is 5. The van der Waals surface area contributed by atoms with Gasteiger partial charge in [0.25, 0.3) is 5.56 Å². The summed E-state index contributed by atoms with van der Waals surface area (Å²) in [7, 11) is 0. The average Bonchev–Trinajstić information content (AvgIpc) is 3.09. The molecule has 28 heavy (non-hydrogen) atoms. The average molecular weight is 403 g/mol. The Bertz CT molecular complexity index is 1130. The minimum Gasteiger partial charge on any atom is -0.447 e. The predicted molar refractivity (Wildman–Crippen MR) is 105 cm³/mol. The highest BCUT2D eigenvalue weighted by Gasteiger charge is 2.27. The second-order valence-electron chi connectivity index (χ2n) is 6.42. The van der Waals surface area contributed by atoms with Crippen molar-refractivity contribution in [2.45, 2.75) is 13.0 Å². The largest absolute Gasteiger partial charge is 0.447 e. The molecule has 2 N–H and O–H groups in total. The molecule has 1 aliphatic heterocycles. The van der Waals surface area contributed by atoms with Crippen LogP contribution >= 0.6 is 11.6 Å². The van der Waals surface area contributed by atoms with Gasteiger partial charge in [-0.2, -0.15) is 0 Å². The molecule has 7 nitrogen and oxygen atoms in total. The number of aromatic amines is 1. The number of fused-ring (bicyclic) bond motifs is 1. The molecule has 3 aromatic rings. The van der Waals surface area contributed by atoms with Gasteiger partial charge in [-0.1, -0.05) is 17.7 Å². The van der Waals surface area contributed by atoms with E-state index in [1.807, 2.05) is 0 Å². The molecule has 1 unspecified atom stereocenters. The summed E-state index contributed by atoms with van der Waals surface area (Å²) in [6.45, 7) is 2.24. The van der Waals surface area contributed by atoms with Gasteiger partial charge >= 0.3 is 6.09 Å². The van der Waals surface area contributed by atoms with Crippen molar-refractivity contribution in [3.63, 3.8) is 0 Å². The van der Waals surface area contributed by atoms with Crippen LogP contribution in [0.15, 0.2) is 41.3 Å². The smallest absolute Gasteiger partial charge is 0.414 e. The van der Waals surface area contributed by atoms with Crippen LogP contribution in [0.4, 0.5) is 20.6 Å². The summed E-state index contributed by atoms with van der Waals surface area (Å²) in [6.07, 6.45) is 0.866. The lowest BCUT2D eigenvalue weighted by molar-refractivity contribution is 0.181. The van der Waals surface area contributed by atoms with Crippen molar-refractivity contribution in [2.75, 3.05) is 23.4 Å². The molecule has 0 spiro atoms. The van der Waals surface area contributed by atoms with Gasteiger partial charge in [0.15, 0.2) is 5.82 Å². The van der Waals surface area contributed by atoms with Crippen LogP contribution in [-0.2, 0) is 4.74 Å². The highest BCUT2D eigenvalue weighted by molar-refractivity contribution is 6.31. The van der Waals surface area contributed by atoms with Crippen molar-refractivity contribution in [2.24, 2.45) is 0 Å². The minimum absolute atomic E-state index is 0.128. The quantitative estimate of drug-likeness (QED) is 0.692. The van der Waals surface area contributed by atoms with Crippen LogP contribution in [-0.4, -0.2) is 29.2 Å². The number of ether oxygens (including phenoxy) is 1. The Labute approximate surface area is 164 Å². The first-order valence-corrected chi connectivity index (χ1v) is 8.99. The van der Waals surface area contributed by atoms with Crippen molar-refractivity contribution in [3.05, 3.63) is 63.3 Å². The fourth-order valence-electron chi connectivity index (χ4n) is 3.17. The number of cyclic esters (lactones) is 1. The Morgan fingerprint density at radius 2 is 2.18 bits per heavy atom. The number of anilines is 2. The maximum Gasteiger partial charge on any atom is 0.414 e. The number of H-pyrrole nitrogens is 1. The zero-order valence-corrected chi connectivity index (χ0v) is 15.6. The van der Waals surface area contributed by atoms with Gasteiger partial charge < -0.3 is 15.0 Å². The Balaban J connectivity index is 1.66. The fourth-order valence-corrected chi connectivity index (χ4v) is 3.33. The lowest BCUT2D eigenvalue weighted by atomic mass is 10.1. The molecule has 3 heterocycles. The molecule has 0 saturated carbocycles. The van der Waals surface area contributed by atoms with Crippen LogP contribution in [0.2, 0.25) is 5.02 Å². The summed E-state index contributed by atoms with van der Waals surface area (Å²) < 4.78 is 19.8. The second-order valence-corrected chi connectivity index (χ2v) is 6.85. The number of nitrogens with one attached hydrogen (secondary N) is 2. The molecule has 1 aromatic carbocycles. The fraction of sp³-hybridized carbons (Fsp3) is 0.211. The Morgan fingerprint density at radius 3 is 2.93 bits per heavy atom. The molecule has 1 amide bonds. The zero-order chi connectivity index (χ0) is 19.8. The normalized spacial score (nSPS) is 15.0. The maximum absolute atomic E-state index is 15.0. The van der Waals surface area contributed by atoms with Crippen LogP contribution in [0.25, 0.3) is 11.0 Å². The Kier molecular flexibility index (Phi) is 4.64. The second kappa shape index (κ2) is 7.12. The van der Waals surface area contributed by atoms with Gasteiger partial charge in [-0.3, -0.25) is 9.69 Å². The molecule has 1 saturated heterocycles. The lowest BCUT2D eigenvalue weighted by Gasteiger charge is -2.19. The third-order valence-corrected chi connectivity index (χ3v) is 4.76. The van der Waals surface area contributed by atoms with Crippen LogP contribution in [0.1, 0.15) is 18.5 Å². The summed E-state index contributed by atoms with van der Waals surface area (Å²) in [5.41, 5.74) is 0.798. The molecule has 4 rings (SSSR count). The summed E-state index contributed by atoms with van der Waals surface area (Å²) in [5, 5.41) is 4.12. The molecule has 144 valence electrons. The van der Waals surface area contributed by atoms with Gasteiger partial charge in [0.1, 0.15) is 12.3 Å². The first-order chi connectivity index (χ1) is 13.4. The van der Waals surface area contributed by atoms with Gasteiger partial charge in [-0.25, -0.2) is 14.2 Å². The number of halogens is 2. The van der Waals surface area contributed by atoms with Gasteiger partial charge in [0, 0.05) is 17.1 Å². The van der Waals surface area contributed by atoms with Crippen LogP contribution in [0, 0.1) is 5.82 Å². The number of aromatic nitrogens is 2. The number of rotatable bonds is 4. The van der Waals surface area contributed by atoms with Crippen LogP contribution in [0.3, 0.4) is 0 Å². The van der Waals surface area contributed by atoms with Gasteiger partial charge in [0.2, 0.25) is 0 Å². The van der Waals surface area contributed by atoms with E-state index in [4.69, 9.17) is 16.3 Å². The number of nitrogens with zero attached hydrogens (tertiary/aromatic N) is 2. The predicted octanol–water partition coefficient (Wildman–Crippen LogP) is 3.85. The van der Waals surface area contributed by atoms with Crippen molar-refractivity contribution < 1.29 is 13.9 Å². The van der Waals surface area contributed by atoms with E-state index in [9.17, 15) is 14.0 Å². The Morgan fingerprint density at radius 1 is 1.36 bits per heavy atom. The standard InChI is InChI=1S/C19H16ClFN4O3/c1-10(13-8-11-7-12(20)9-22-17(11)24-18(13)26)23-14-3-2-4-15(16(14)21)25-5-6-28-19(25)27/h2-4,7-10,23H,5-6H2,1H3,(H,22,24,26). The van der Waals surface area contributed by atoms with E-state index >= 15 is 0 Å². The highest BCUT2D eigenvalue weighted by Crippen LogP contribution is 2.30. The number of pyridine rings is 2. The van der Waals surface area contributed by atoms with E-state index in [-0.39, 0.29) is 30.1 Å². The lowest BCUT2D eigenvalue weighted by Crippen LogP contribution is -2.25. The van der Waals surface area contributed by atoms with Crippen molar-refractivity contribution >= 4 is 40.1 Å². The molecule has 1 fully saturated rings. The number of benzene rings is 1. The number of carbonyl (C=O) groups excluding carboxylic acids is 1. The number of hydrogen-bond donors (Lipinski definition) is 2. The van der Waals surface area contributed by atoms with E-state index in [1.54, 1.807) is 31.2 Å². The van der Waals surface area contributed by atoms with Crippen LogP contribution in [0.5, 0.6) is 0 Å². The van der Waals surface area contributed by atoms with Crippen molar-refractivity contribution in [1.82, 2.24) is 9.97 Å². The van der Waals surface area contributed by atoms with Crippen LogP contribution < -0.4 is 15.8 Å². The van der Waals surface area contributed by atoms with E-state index in [1.165, 1.54) is 17.2 Å². The first-order valence-electron chi connectivity index (χ1n) is 8.62. The van der Waals surface area contributed by atoms with Gasteiger partial charge in [-0.15, -0.1) is 0 Å². The highest BCUT2D eigenvalue weighted by atomic mass is 35.5. The third kappa shape index (κ3) is 3.27. The number of carbonyl (C=O) groups is 1. The molecule has 0 bridgehead atoms. The zero-order valence-electron chi connectivity index (χ0n) is 14.8. The van der Waals surface area contributed by atoms with Crippen molar-refractivity contribution in [3.8, 4) is 0 Å². The van der Waals surface area contributed by atoms with E-state index < -0.39 is 18.0 Å². The van der Waals surface area contributed by atoms with Crippen molar-refractivity contribution in [1.29, 1.82) is 0 Å². The van der Waals surface area contributed by atoms with E-state index in [2.05, 4.69) is 15.3 Å². The topological polar surface area (TPSA) is 87.3 Å². The summed E-state index contributed by atoms with van der Waals surface area (Å²) in [5.74, 6) is -0.588. The minimum atomic E-state index is -0.588. The first kappa shape index (κ1) is 18.2. The molecule has 0 aliphatic carbocycles. The van der Waals surface area contributed by atoms with E-state index in [0.29, 0.717) is 21.6 Å². The van der Waals surface area contributed by atoms with Gasteiger partial charge in [-0.05, 0) is 31.2 Å².